The minimum absolute atomic E-state index is 0. The van der Waals surface area contributed by atoms with Crippen LogP contribution >= 0.6 is 24.0 Å². The Balaban J connectivity index is 0.00000529. The first-order valence-corrected chi connectivity index (χ1v) is 8.88. The van der Waals surface area contributed by atoms with E-state index in [0.29, 0.717) is 24.5 Å². The molecule has 2 N–H and O–H groups in total. The molecule has 1 aliphatic rings. The molecule has 0 aromatic carbocycles. The van der Waals surface area contributed by atoms with Gasteiger partial charge in [-0.3, -0.25) is 9.89 Å². The molecule has 24 heavy (non-hydrogen) atoms. The highest BCUT2D eigenvalue weighted by Crippen LogP contribution is 2.12. The van der Waals surface area contributed by atoms with Gasteiger partial charge in [-0.1, -0.05) is 27.7 Å². The first-order valence-electron chi connectivity index (χ1n) is 8.88. The van der Waals surface area contributed by atoms with E-state index in [9.17, 15) is 0 Å². The molecule has 0 aromatic heterocycles. The van der Waals surface area contributed by atoms with E-state index in [-0.39, 0.29) is 24.0 Å². The molecule has 1 saturated heterocycles. The van der Waals surface area contributed by atoms with Crippen LogP contribution in [0.15, 0.2) is 4.99 Å². The van der Waals surface area contributed by atoms with Crippen LogP contribution in [0.1, 0.15) is 27.7 Å². The standard InChI is InChI=1S/C17H36N4O2.HI/c1-14(2)13-23-9-6-19-17(18-5)20-12-16(15(3)4)21-7-10-22-11-8-21;/h14-16H,6-13H2,1-5H3,(H2,18,19,20);1H. The van der Waals surface area contributed by atoms with Crippen LogP contribution in [0.3, 0.4) is 0 Å². The monoisotopic (exact) mass is 456 g/mol. The van der Waals surface area contributed by atoms with E-state index in [4.69, 9.17) is 9.47 Å². The van der Waals surface area contributed by atoms with Gasteiger partial charge in [0.15, 0.2) is 5.96 Å². The maximum Gasteiger partial charge on any atom is 0.191 e. The van der Waals surface area contributed by atoms with Gasteiger partial charge in [0.25, 0.3) is 0 Å². The lowest BCUT2D eigenvalue weighted by Crippen LogP contribution is -2.52. The lowest BCUT2D eigenvalue weighted by atomic mass is 10.0. The number of ether oxygens (including phenoxy) is 2. The Kier molecular flexibility index (Phi) is 14.0. The summed E-state index contributed by atoms with van der Waals surface area (Å²) in [6, 6.07) is 0.495. The van der Waals surface area contributed by atoms with Gasteiger partial charge < -0.3 is 20.1 Å². The summed E-state index contributed by atoms with van der Waals surface area (Å²) in [6.45, 7) is 15.7. The molecule has 1 aliphatic heterocycles. The molecular formula is C17H37IN4O2. The van der Waals surface area contributed by atoms with Crippen LogP contribution in [0.25, 0.3) is 0 Å². The molecule has 7 heteroatoms. The maximum atomic E-state index is 5.58. The van der Waals surface area contributed by atoms with Crippen LogP contribution < -0.4 is 10.6 Å². The zero-order valence-electron chi connectivity index (χ0n) is 16.0. The van der Waals surface area contributed by atoms with E-state index < -0.39 is 0 Å². The van der Waals surface area contributed by atoms with Crippen molar-refractivity contribution in [3.05, 3.63) is 0 Å². The molecule has 0 bridgehead atoms. The van der Waals surface area contributed by atoms with E-state index in [1.165, 1.54) is 0 Å². The van der Waals surface area contributed by atoms with Crippen molar-refractivity contribution < 1.29 is 9.47 Å². The number of nitrogens with zero attached hydrogens (tertiary/aromatic N) is 2. The van der Waals surface area contributed by atoms with Crippen molar-refractivity contribution in [2.45, 2.75) is 33.7 Å². The molecule has 0 amide bonds. The molecule has 1 fully saturated rings. The van der Waals surface area contributed by atoms with Crippen LogP contribution in [0.4, 0.5) is 0 Å². The number of rotatable bonds is 9. The quantitative estimate of drug-likeness (QED) is 0.240. The topological polar surface area (TPSA) is 58.1 Å². The molecule has 0 spiro atoms. The van der Waals surface area contributed by atoms with Gasteiger partial charge in [0.1, 0.15) is 0 Å². The van der Waals surface area contributed by atoms with Crippen LogP contribution in [-0.4, -0.2) is 76.6 Å². The summed E-state index contributed by atoms with van der Waals surface area (Å²) in [5, 5.41) is 6.76. The summed E-state index contributed by atoms with van der Waals surface area (Å²) >= 11 is 0. The van der Waals surface area contributed by atoms with Crippen molar-refractivity contribution in [1.82, 2.24) is 15.5 Å². The SMILES string of the molecule is CN=C(NCCOCC(C)C)NCC(C(C)C)N1CCOCC1.I. The Hall–Kier alpha value is -0.120. The molecule has 0 aliphatic carbocycles. The highest BCUT2D eigenvalue weighted by molar-refractivity contribution is 14.0. The Bertz CT molecular complexity index is 335. The van der Waals surface area contributed by atoms with Crippen LogP contribution in [0, 0.1) is 11.8 Å². The molecule has 144 valence electrons. The molecule has 1 heterocycles. The summed E-state index contributed by atoms with van der Waals surface area (Å²) in [5.74, 6) is 2.01. The summed E-state index contributed by atoms with van der Waals surface area (Å²) in [4.78, 5) is 6.81. The van der Waals surface area contributed by atoms with Gasteiger partial charge in [-0.25, -0.2) is 0 Å². The zero-order valence-corrected chi connectivity index (χ0v) is 18.3. The number of guanidine groups is 1. The van der Waals surface area contributed by atoms with Crippen LogP contribution in [0.5, 0.6) is 0 Å². The summed E-state index contributed by atoms with van der Waals surface area (Å²) in [5.41, 5.74) is 0. The summed E-state index contributed by atoms with van der Waals surface area (Å²) in [6.07, 6.45) is 0. The normalized spacial score (nSPS) is 17.7. The molecule has 0 aromatic rings. The third-order valence-electron chi connectivity index (χ3n) is 3.98. The second kappa shape index (κ2) is 14.1. The van der Waals surface area contributed by atoms with Gasteiger partial charge in [0.2, 0.25) is 0 Å². The second-order valence-corrected chi connectivity index (χ2v) is 6.81. The summed E-state index contributed by atoms with van der Waals surface area (Å²) < 4.78 is 11.0. The van der Waals surface area contributed by atoms with E-state index in [1.54, 1.807) is 0 Å². The fraction of sp³-hybridized carbons (Fsp3) is 0.941. The van der Waals surface area contributed by atoms with E-state index in [1.807, 2.05) is 7.05 Å². The molecular weight excluding hydrogens is 419 g/mol. The van der Waals surface area contributed by atoms with Crippen molar-refractivity contribution in [2.24, 2.45) is 16.8 Å². The van der Waals surface area contributed by atoms with Gasteiger partial charge in [-0.15, -0.1) is 24.0 Å². The largest absolute Gasteiger partial charge is 0.379 e. The molecule has 0 saturated carbocycles. The van der Waals surface area contributed by atoms with Gasteiger partial charge in [-0.05, 0) is 11.8 Å². The van der Waals surface area contributed by atoms with Crippen LogP contribution in [-0.2, 0) is 9.47 Å². The number of halogens is 1. The molecule has 1 atom stereocenters. The number of aliphatic imine (C=N–C) groups is 1. The average molecular weight is 456 g/mol. The Morgan fingerprint density at radius 1 is 1.17 bits per heavy atom. The first kappa shape index (κ1) is 23.9. The van der Waals surface area contributed by atoms with Gasteiger partial charge in [0, 0.05) is 45.9 Å². The van der Waals surface area contributed by atoms with Crippen molar-refractivity contribution in [1.29, 1.82) is 0 Å². The highest BCUT2D eigenvalue weighted by Gasteiger charge is 2.23. The first-order chi connectivity index (χ1) is 11.0. The smallest absolute Gasteiger partial charge is 0.191 e. The number of nitrogens with one attached hydrogen (secondary N) is 2. The summed E-state index contributed by atoms with van der Waals surface area (Å²) in [7, 11) is 1.81. The fourth-order valence-electron chi connectivity index (χ4n) is 2.68. The lowest BCUT2D eigenvalue weighted by Gasteiger charge is -2.37. The zero-order chi connectivity index (χ0) is 17.1. The predicted octanol–water partition coefficient (Wildman–Crippen LogP) is 1.80. The lowest BCUT2D eigenvalue weighted by molar-refractivity contribution is 0.00751. The molecule has 1 unspecified atom stereocenters. The average Bonchev–Trinajstić information content (AvgIpc) is 2.53. The maximum absolute atomic E-state index is 5.58. The third kappa shape index (κ3) is 10.0. The van der Waals surface area contributed by atoms with Crippen molar-refractivity contribution in [2.75, 3.05) is 59.7 Å². The third-order valence-corrected chi connectivity index (χ3v) is 3.98. The Labute approximate surface area is 165 Å². The van der Waals surface area contributed by atoms with E-state index in [2.05, 4.69) is 48.2 Å². The number of morpholine rings is 1. The molecule has 0 radical (unpaired) electrons. The van der Waals surface area contributed by atoms with Crippen molar-refractivity contribution >= 4 is 29.9 Å². The van der Waals surface area contributed by atoms with E-state index >= 15 is 0 Å². The number of hydrogen-bond acceptors (Lipinski definition) is 4. The van der Waals surface area contributed by atoms with Crippen molar-refractivity contribution in [3.8, 4) is 0 Å². The molecule has 6 nitrogen and oxygen atoms in total. The second-order valence-electron chi connectivity index (χ2n) is 6.81. The van der Waals surface area contributed by atoms with Crippen molar-refractivity contribution in [3.63, 3.8) is 0 Å². The Morgan fingerprint density at radius 3 is 2.38 bits per heavy atom. The van der Waals surface area contributed by atoms with Gasteiger partial charge >= 0.3 is 0 Å². The molecule has 1 rings (SSSR count). The van der Waals surface area contributed by atoms with E-state index in [0.717, 1.165) is 52.0 Å². The fourth-order valence-corrected chi connectivity index (χ4v) is 2.68. The minimum Gasteiger partial charge on any atom is -0.379 e. The Morgan fingerprint density at radius 2 is 1.83 bits per heavy atom. The predicted molar refractivity (Wildman–Crippen MR) is 111 cm³/mol. The van der Waals surface area contributed by atoms with Gasteiger partial charge in [0.05, 0.1) is 19.8 Å². The highest BCUT2D eigenvalue weighted by atomic mass is 127. The number of hydrogen-bond donors (Lipinski definition) is 2. The minimum atomic E-state index is 0. The van der Waals surface area contributed by atoms with Gasteiger partial charge in [-0.2, -0.15) is 0 Å². The van der Waals surface area contributed by atoms with Crippen LogP contribution in [0.2, 0.25) is 0 Å².